The second kappa shape index (κ2) is 4.38. The SMILES string of the molecule is C#N.O=C1c2ccccc2C(=O)N1CC1CC1. The van der Waals surface area contributed by atoms with Gasteiger partial charge in [0.05, 0.1) is 11.1 Å². The van der Waals surface area contributed by atoms with Crippen molar-refractivity contribution >= 4 is 11.8 Å². The van der Waals surface area contributed by atoms with E-state index in [4.69, 9.17) is 5.26 Å². The average Bonchev–Trinajstić information content (AvgIpc) is 3.17. The van der Waals surface area contributed by atoms with Crippen molar-refractivity contribution in [3.8, 4) is 6.57 Å². The number of hydrogen-bond acceptors (Lipinski definition) is 3. The Morgan fingerprint density at radius 1 is 1.12 bits per heavy atom. The van der Waals surface area contributed by atoms with Gasteiger partial charge in [-0.25, -0.2) is 5.26 Å². The topological polar surface area (TPSA) is 61.2 Å². The predicted octanol–water partition coefficient (Wildman–Crippen LogP) is 1.83. The molecule has 4 heteroatoms. The van der Waals surface area contributed by atoms with E-state index < -0.39 is 0 Å². The third kappa shape index (κ3) is 1.92. The van der Waals surface area contributed by atoms with Gasteiger partial charge in [-0.05, 0) is 30.9 Å². The number of imide groups is 1. The van der Waals surface area contributed by atoms with E-state index in [9.17, 15) is 9.59 Å². The fourth-order valence-corrected chi connectivity index (χ4v) is 1.96. The normalized spacial score (nSPS) is 17.4. The number of carbonyl (C=O) groups is 2. The van der Waals surface area contributed by atoms with Crippen molar-refractivity contribution in [1.82, 2.24) is 4.90 Å². The van der Waals surface area contributed by atoms with Crippen LogP contribution in [0.3, 0.4) is 0 Å². The molecule has 0 atom stereocenters. The minimum absolute atomic E-state index is 0.123. The molecule has 17 heavy (non-hydrogen) atoms. The summed E-state index contributed by atoms with van der Waals surface area (Å²) >= 11 is 0. The molecular formula is C13H12N2O2. The van der Waals surface area contributed by atoms with Gasteiger partial charge in [-0.15, -0.1) is 0 Å². The smallest absolute Gasteiger partial charge is 0.261 e. The Hall–Kier alpha value is -2.15. The molecule has 0 unspecified atom stereocenters. The van der Waals surface area contributed by atoms with Gasteiger partial charge >= 0.3 is 0 Å². The van der Waals surface area contributed by atoms with Crippen LogP contribution in [0.5, 0.6) is 0 Å². The highest BCUT2D eigenvalue weighted by Gasteiger charge is 2.38. The molecule has 2 amide bonds. The van der Waals surface area contributed by atoms with Crippen molar-refractivity contribution < 1.29 is 9.59 Å². The number of nitrogens with zero attached hydrogens (tertiary/aromatic N) is 2. The summed E-state index contributed by atoms with van der Waals surface area (Å²) in [5.74, 6) is 0.303. The molecule has 1 aliphatic heterocycles. The predicted molar refractivity (Wildman–Crippen MR) is 61.2 cm³/mol. The highest BCUT2D eigenvalue weighted by molar-refractivity contribution is 6.21. The molecule has 2 aliphatic rings. The summed E-state index contributed by atoms with van der Waals surface area (Å²) < 4.78 is 0. The van der Waals surface area contributed by atoms with Crippen LogP contribution >= 0.6 is 0 Å². The van der Waals surface area contributed by atoms with Crippen LogP contribution in [0.25, 0.3) is 0 Å². The van der Waals surface area contributed by atoms with Gasteiger partial charge in [0.15, 0.2) is 0 Å². The van der Waals surface area contributed by atoms with Crippen LogP contribution in [0.4, 0.5) is 0 Å². The highest BCUT2D eigenvalue weighted by Crippen LogP contribution is 2.32. The van der Waals surface area contributed by atoms with Crippen LogP contribution in [0.1, 0.15) is 33.6 Å². The summed E-state index contributed by atoms with van der Waals surface area (Å²) in [6, 6.07) is 7.04. The Bertz CT molecular complexity index is 454. The second-order valence-electron chi connectivity index (χ2n) is 4.21. The maximum atomic E-state index is 11.9. The first-order valence-corrected chi connectivity index (χ1v) is 5.48. The largest absolute Gasteiger partial charge is 0.274 e. The average molecular weight is 228 g/mol. The van der Waals surface area contributed by atoms with Crippen molar-refractivity contribution in [3.63, 3.8) is 0 Å². The Balaban J connectivity index is 0.000000514. The molecule has 0 bridgehead atoms. The molecule has 0 aromatic heterocycles. The first kappa shape index (κ1) is 11.3. The fourth-order valence-electron chi connectivity index (χ4n) is 1.96. The quantitative estimate of drug-likeness (QED) is 0.725. The Morgan fingerprint density at radius 3 is 2.00 bits per heavy atom. The molecule has 0 spiro atoms. The zero-order chi connectivity index (χ0) is 12.4. The summed E-state index contributed by atoms with van der Waals surface area (Å²) in [7, 11) is 0. The molecule has 3 rings (SSSR count). The first-order chi connectivity index (χ1) is 8.27. The van der Waals surface area contributed by atoms with E-state index in [0.717, 1.165) is 12.8 Å². The van der Waals surface area contributed by atoms with E-state index in [-0.39, 0.29) is 11.8 Å². The highest BCUT2D eigenvalue weighted by atomic mass is 16.2. The molecule has 1 aliphatic carbocycles. The van der Waals surface area contributed by atoms with Crippen LogP contribution in [-0.4, -0.2) is 23.3 Å². The summed E-state index contributed by atoms with van der Waals surface area (Å²) in [5.41, 5.74) is 1.12. The third-order valence-electron chi connectivity index (χ3n) is 3.02. The number of rotatable bonds is 2. The molecule has 0 N–H and O–H groups in total. The third-order valence-corrected chi connectivity index (χ3v) is 3.02. The maximum Gasteiger partial charge on any atom is 0.261 e. The molecule has 4 nitrogen and oxygen atoms in total. The number of nitriles is 1. The van der Waals surface area contributed by atoms with Crippen LogP contribution in [0.2, 0.25) is 0 Å². The first-order valence-electron chi connectivity index (χ1n) is 5.48. The number of fused-ring (bicyclic) bond motifs is 1. The molecule has 1 aromatic carbocycles. The zero-order valence-electron chi connectivity index (χ0n) is 9.30. The molecule has 0 saturated heterocycles. The lowest BCUT2D eigenvalue weighted by Gasteiger charge is -2.12. The molecule has 1 fully saturated rings. The van der Waals surface area contributed by atoms with Gasteiger partial charge in [0.2, 0.25) is 0 Å². The van der Waals surface area contributed by atoms with Crippen LogP contribution < -0.4 is 0 Å². The maximum absolute atomic E-state index is 11.9. The van der Waals surface area contributed by atoms with Gasteiger partial charge < -0.3 is 0 Å². The number of hydrogen-bond donors (Lipinski definition) is 0. The van der Waals surface area contributed by atoms with Crippen molar-refractivity contribution in [2.75, 3.05) is 6.54 Å². The molecule has 86 valence electrons. The molecule has 1 aromatic rings. The minimum atomic E-state index is -0.123. The lowest BCUT2D eigenvalue weighted by molar-refractivity contribution is 0.0647. The van der Waals surface area contributed by atoms with E-state index in [1.54, 1.807) is 24.3 Å². The summed E-state index contributed by atoms with van der Waals surface area (Å²) in [4.78, 5) is 25.1. The monoisotopic (exact) mass is 228 g/mol. The van der Waals surface area contributed by atoms with Crippen molar-refractivity contribution in [2.45, 2.75) is 12.8 Å². The van der Waals surface area contributed by atoms with E-state index in [1.165, 1.54) is 4.90 Å². The zero-order valence-corrected chi connectivity index (χ0v) is 9.30. The Morgan fingerprint density at radius 2 is 1.59 bits per heavy atom. The fraction of sp³-hybridized carbons (Fsp3) is 0.308. The molecule has 1 saturated carbocycles. The molecule has 0 radical (unpaired) electrons. The van der Waals surface area contributed by atoms with E-state index >= 15 is 0 Å². The van der Waals surface area contributed by atoms with Crippen LogP contribution in [0.15, 0.2) is 24.3 Å². The molecular weight excluding hydrogens is 216 g/mol. The number of benzene rings is 1. The number of carbonyl (C=O) groups excluding carboxylic acids is 2. The molecule has 1 heterocycles. The van der Waals surface area contributed by atoms with Gasteiger partial charge in [-0.1, -0.05) is 12.1 Å². The Labute approximate surface area is 99.5 Å². The van der Waals surface area contributed by atoms with Crippen molar-refractivity contribution in [1.29, 1.82) is 5.26 Å². The Kier molecular flexibility index (Phi) is 2.92. The minimum Gasteiger partial charge on any atom is -0.274 e. The lowest BCUT2D eigenvalue weighted by atomic mass is 10.1. The summed E-state index contributed by atoms with van der Waals surface area (Å²) in [5, 5.41) is 6.50. The van der Waals surface area contributed by atoms with E-state index in [1.807, 2.05) is 0 Å². The summed E-state index contributed by atoms with van der Waals surface area (Å²) in [6.07, 6.45) is 2.29. The van der Waals surface area contributed by atoms with E-state index in [0.29, 0.717) is 23.6 Å². The van der Waals surface area contributed by atoms with Crippen molar-refractivity contribution in [3.05, 3.63) is 35.4 Å². The van der Waals surface area contributed by atoms with Crippen LogP contribution in [0, 0.1) is 17.8 Å². The van der Waals surface area contributed by atoms with E-state index in [2.05, 4.69) is 6.57 Å². The number of amides is 2. The van der Waals surface area contributed by atoms with Gasteiger partial charge in [-0.2, -0.15) is 0 Å². The van der Waals surface area contributed by atoms with Gasteiger partial charge in [0, 0.05) is 13.1 Å². The van der Waals surface area contributed by atoms with Crippen LogP contribution in [-0.2, 0) is 0 Å². The summed E-state index contributed by atoms with van der Waals surface area (Å²) in [6.45, 7) is 4.10. The standard InChI is InChI=1S/C12H11NO2.CHN/c14-11-9-3-1-2-4-10(9)12(15)13(11)7-8-5-6-8;1-2/h1-4,8H,5-7H2;1H. The van der Waals surface area contributed by atoms with Gasteiger partial charge in [0.25, 0.3) is 11.8 Å². The van der Waals surface area contributed by atoms with Gasteiger partial charge in [-0.3, -0.25) is 14.5 Å². The van der Waals surface area contributed by atoms with Crippen molar-refractivity contribution in [2.24, 2.45) is 5.92 Å². The second-order valence-corrected chi connectivity index (χ2v) is 4.21. The lowest BCUT2D eigenvalue weighted by Crippen LogP contribution is -2.31. The van der Waals surface area contributed by atoms with Gasteiger partial charge in [0.1, 0.15) is 0 Å².